The number of rotatable bonds is 6. The molecule has 1 atom stereocenters. The Morgan fingerprint density at radius 2 is 2.32 bits per heavy atom. The monoisotopic (exact) mass is 280 g/mol. The first-order chi connectivity index (χ1) is 9.15. The normalized spacial score (nSPS) is 12.4. The Kier molecular flexibility index (Phi) is 4.75. The van der Waals surface area contributed by atoms with Crippen molar-refractivity contribution in [2.75, 3.05) is 12.4 Å². The number of ether oxygens (including phenoxy) is 1. The molecule has 0 aliphatic rings. The zero-order valence-corrected chi connectivity index (χ0v) is 11.7. The van der Waals surface area contributed by atoms with Crippen LogP contribution in [-0.4, -0.2) is 43.8 Å². The van der Waals surface area contributed by atoms with E-state index in [-0.39, 0.29) is 6.61 Å². The van der Waals surface area contributed by atoms with Crippen LogP contribution >= 0.6 is 11.8 Å². The van der Waals surface area contributed by atoms with Gasteiger partial charge in [0.1, 0.15) is 12.4 Å². The molecule has 0 saturated heterocycles. The molecular weight excluding hydrogens is 264 g/mol. The highest BCUT2D eigenvalue weighted by Crippen LogP contribution is 2.16. The fraction of sp³-hybridized carbons (Fsp3) is 0.417. The van der Waals surface area contributed by atoms with Gasteiger partial charge in [0.15, 0.2) is 0 Å². The lowest BCUT2D eigenvalue weighted by Crippen LogP contribution is -2.20. The largest absolute Gasteiger partial charge is 0.491 e. The third-order valence-electron chi connectivity index (χ3n) is 2.42. The van der Waals surface area contributed by atoms with Gasteiger partial charge in [0, 0.05) is 12.8 Å². The third-order valence-corrected chi connectivity index (χ3v) is 3.57. The van der Waals surface area contributed by atoms with Gasteiger partial charge in [0.05, 0.1) is 6.10 Å². The number of aliphatic hydroxyl groups excluding tert-OH is 1. The lowest BCUT2D eigenvalue weighted by atomic mass is 10.2. The average Bonchev–Trinajstić information content (AvgIpc) is 2.80. The van der Waals surface area contributed by atoms with E-state index in [0.717, 1.165) is 11.3 Å². The molecule has 6 nitrogen and oxygen atoms in total. The van der Waals surface area contributed by atoms with Crippen molar-refractivity contribution in [3.63, 3.8) is 0 Å². The minimum Gasteiger partial charge on any atom is -0.491 e. The van der Waals surface area contributed by atoms with Crippen molar-refractivity contribution in [2.45, 2.75) is 18.2 Å². The fourth-order valence-electron chi connectivity index (χ4n) is 1.46. The van der Waals surface area contributed by atoms with Gasteiger partial charge < -0.3 is 9.84 Å². The molecule has 1 N–H and O–H groups in total. The SMILES string of the molecule is Cc1cccc(OCC(O)CSc2nnnn2C)c1. The van der Waals surface area contributed by atoms with E-state index in [2.05, 4.69) is 15.5 Å². The maximum Gasteiger partial charge on any atom is 0.209 e. The number of thioether (sulfide) groups is 1. The van der Waals surface area contributed by atoms with Crippen LogP contribution in [0.2, 0.25) is 0 Å². The highest BCUT2D eigenvalue weighted by molar-refractivity contribution is 7.99. The first-order valence-electron chi connectivity index (χ1n) is 5.88. The first kappa shape index (κ1) is 13.8. The molecule has 1 unspecified atom stereocenters. The molecule has 0 aliphatic carbocycles. The van der Waals surface area contributed by atoms with Gasteiger partial charge in [0.2, 0.25) is 5.16 Å². The predicted octanol–water partition coefficient (Wildman–Crippen LogP) is 1.05. The topological polar surface area (TPSA) is 73.1 Å². The number of tetrazole rings is 1. The quantitative estimate of drug-likeness (QED) is 0.797. The van der Waals surface area contributed by atoms with Crippen LogP contribution in [0.3, 0.4) is 0 Å². The second-order valence-electron chi connectivity index (χ2n) is 4.18. The number of nitrogens with zero attached hydrogens (tertiary/aromatic N) is 4. The number of aryl methyl sites for hydroxylation is 2. The van der Waals surface area contributed by atoms with E-state index in [4.69, 9.17) is 4.74 Å². The Morgan fingerprint density at radius 1 is 1.47 bits per heavy atom. The van der Waals surface area contributed by atoms with E-state index in [1.54, 1.807) is 11.7 Å². The summed E-state index contributed by atoms with van der Waals surface area (Å²) >= 11 is 1.40. The van der Waals surface area contributed by atoms with Crippen molar-refractivity contribution < 1.29 is 9.84 Å². The lowest BCUT2D eigenvalue weighted by Gasteiger charge is -2.11. The minimum absolute atomic E-state index is 0.252. The van der Waals surface area contributed by atoms with Gasteiger partial charge in [-0.3, -0.25) is 0 Å². The predicted molar refractivity (Wildman–Crippen MR) is 72.2 cm³/mol. The van der Waals surface area contributed by atoms with Crippen molar-refractivity contribution in [1.29, 1.82) is 0 Å². The van der Waals surface area contributed by atoms with Gasteiger partial charge >= 0.3 is 0 Å². The maximum absolute atomic E-state index is 9.85. The van der Waals surface area contributed by atoms with Gasteiger partial charge in [-0.15, -0.1) is 5.10 Å². The smallest absolute Gasteiger partial charge is 0.209 e. The van der Waals surface area contributed by atoms with Crippen LogP contribution in [0.5, 0.6) is 5.75 Å². The lowest BCUT2D eigenvalue weighted by molar-refractivity contribution is 0.126. The van der Waals surface area contributed by atoms with E-state index < -0.39 is 6.10 Å². The molecule has 1 aromatic carbocycles. The summed E-state index contributed by atoms with van der Waals surface area (Å²) in [6.07, 6.45) is -0.567. The molecule has 0 amide bonds. The van der Waals surface area contributed by atoms with E-state index in [0.29, 0.717) is 10.9 Å². The van der Waals surface area contributed by atoms with Crippen LogP contribution in [0.15, 0.2) is 29.4 Å². The summed E-state index contributed by atoms with van der Waals surface area (Å²) < 4.78 is 7.10. The van der Waals surface area contributed by atoms with Crippen molar-refractivity contribution in [3.8, 4) is 5.75 Å². The second-order valence-corrected chi connectivity index (χ2v) is 5.16. The Morgan fingerprint density at radius 3 is 3.00 bits per heavy atom. The Balaban J connectivity index is 1.76. The highest BCUT2D eigenvalue weighted by atomic mass is 32.2. The zero-order valence-electron chi connectivity index (χ0n) is 10.9. The minimum atomic E-state index is -0.567. The van der Waals surface area contributed by atoms with Crippen LogP contribution in [0.4, 0.5) is 0 Å². The van der Waals surface area contributed by atoms with E-state index in [1.807, 2.05) is 31.2 Å². The number of aliphatic hydroxyl groups is 1. The van der Waals surface area contributed by atoms with Gasteiger partial charge in [0.25, 0.3) is 0 Å². The number of benzene rings is 1. The van der Waals surface area contributed by atoms with Crippen LogP contribution in [0, 0.1) is 6.92 Å². The Hall–Kier alpha value is -1.60. The molecule has 0 spiro atoms. The van der Waals surface area contributed by atoms with Crippen molar-refractivity contribution in [3.05, 3.63) is 29.8 Å². The van der Waals surface area contributed by atoms with Crippen molar-refractivity contribution in [2.24, 2.45) is 7.05 Å². The molecule has 1 aromatic heterocycles. The molecule has 0 aliphatic heterocycles. The molecule has 7 heteroatoms. The fourth-order valence-corrected chi connectivity index (χ4v) is 2.22. The number of aromatic nitrogens is 4. The average molecular weight is 280 g/mol. The van der Waals surface area contributed by atoms with Gasteiger partial charge in [-0.25, -0.2) is 4.68 Å². The number of hydrogen-bond donors (Lipinski definition) is 1. The third kappa shape index (κ3) is 4.22. The number of hydrogen-bond acceptors (Lipinski definition) is 6. The maximum atomic E-state index is 9.85. The molecule has 1 heterocycles. The van der Waals surface area contributed by atoms with E-state index in [9.17, 15) is 5.11 Å². The molecule has 0 fully saturated rings. The van der Waals surface area contributed by atoms with Gasteiger partial charge in [-0.05, 0) is 35.0 Å². The van der Waals surface area contributed by atoms with Crippen molar-refractivity contribution in [1.82, 2.24) is 20.2 Å². The summed E-state index contributed by atoms with van der Waals surface area (Å²) in [5.74, 6) is 1.25. The second kappa shape index (κ2) is 6.53. The highest BCUT2D eigenvalue weighted by Gasteiger charge is 2.09. The summed E-state index contributed by atoms with van der Waals surface area (Å²) in [6, 6.07) is 7.74. The molecule has 102 valence electrons. The molecule has 0 bridgehead atoms. The molecular formula is C12H16N4O2S. The molecule has 0 saturated carbocycles. The first-order valence-corrected chi connectivity index (χ1v) is 6.86. The van der Waals surface area contributed by atoms with E-state index in [1.165, 1.54) is 11.8 Å². The Bertz CT molecular complexity index is 532. The van der Waals surface area contributed by atoms with Crippen LogP contribution in [0.1, 0.15) is 5.56 Å². The molecule has 2 aromatic rings. The summed E-state index contributed by atoms with van der Waals surface area (Å²) in [5.41, 5.74) is 1.13. The Labute approximate surface area is 115 Å². The summed E-state index contributed by atoms with van der Waals surface area (Å²) in [4.78, 5) is 0. The van der Waals surface area contributed by atoms with Gasteiger partial charge in [-0.2, -0.15) is 0 Å². The molecule has 19 heavy (non-hydrogen) atoms. The molecule has 0 radical (unpaired) electrons. The molecule has 2 rings (SSSR count). The zero-order chi connectivity index (χ0) is 13.7. The summed E-state index contributed by atoms with van der Waals surface area (Å²) in [7, 11) is 1.76. The van der Waals surface area contributed by atoms with E-state index >= 15 is 0 Å². The van der Waals surface area contributed by atoms with Crippen LogP contribution in [-0.2, 0) is 7.05 Å². The van der Waals surface area contributed by atoms with Crippen LogP contribution < -0.4 is 4.74 Å². The van der Waals surface area contributed by atoms with Crippen molar-refractivity contribution >= 4 is 11.8 Å². The summed E-state index contributed by atoms with van der Waals surface area (Å²) in [6.45, 7) is 2.25. The summed E-state index contributed by atoms with van der Waals surface area (Å²) in [5, 5.41) is 21.6. The van der Waals surface area contributed by atoms with Gasteiger partial charge in [-0.1, -0.05) is 23.9 Å². The van der Waals surface area contributed by atoms with Crippen LogP contribution in [0.25, 0.3) is 0 Å². The standard InChI is InChI=1S/C12H16N4O2S/c1-9-4-3-5-11(6-9)18-7-10(17)8-19-12-13-14-15-16(12)2/h3-6,10,17H,7-8H2,1-2H3.